The largest absolute Gasteiger partial charge is 0.354 e. The number of aliphatic imine (C=N–C) groups is 1. The third-order valence-electron chi connectivity index (χ3n) is 5.31. The van der Waals surface area contributed by atoms with Crippen LogP contribution in [0.15, 0.2) is 47.5 Å². The molecule has 2 unspecified atom stereocenters. The van der Waals surface area contributed by atoms with Gasteiger partial charge in [0, 0.05) is 31.6 Å². The Balaban J connectivity index is 0.00000300. The number of rotatable bonds is 5. The van der Waals surface area contributed by atoms with Crippen molar-refractivity contribution in [2.24, 2.45) is 10.9 Å². The van der Waals surface area contributed by atoms with Crippen LogP contribution in [0, 0.1) is 5.92 Å². The molecule has 0 aliphatic heterocycles. The van der Waals surface area contributed by atoms with E-state index in [2.05, 4.69) is 63.4 Å². The first-order chi connectivity index (χ1) is 13.5. The van der Waals surface area contributed by atoms with Gasteiger partial charge in [0.2, 0.25) is 5.91 Å². The number of carbonyl (C=O) groups excluding carboxylic acids is 1. The Morgan fingerprint density at radius 1 is 1.14 bits per heavy atom. The topological polar surface area (TPSA) is 65.5 Å². The Morgan fingerprint density at radius 2 is 1.90 bits per heavy atom. The molecule has 0 bridgehead atoms. The quantitative estimate of drug-likeness (QED) is 0.322. The smallest absolute Gasteiger partial charge is 0.223 e. The summed E-state index contributed by atoms with van der Waals surface area (Å²) in [5.74, 6) is 1.07. The molecule has 1 fully saturated rings. The summed E-state index contributed by atoms with van der Waals surface area (Å²) in [6.07, 6.45) is 3.97. The van der Waals surface area contributed by atoms with E-state index in [1.54, 1.807) is 7.05 Å². The van der Waals surface area contributed by atoms with Gasteiger partial charge in [-0.25, -0.2) is 0 Å². The van der Waals surface area contributed by atoms with Crippen LogP contribution in [-0.2, 0) is 11.3 Å². The SMILES string of the molecule is CN=C(NCc1ccc2ccccc2c1)NC1CCCC(C(=O)NC(C)C)C1.I. The molecule has 2 aromatic carbocycles. The second kappa shape index (κ2) is 11.4. The molecule has 3 rings (SSSR count). The lowest BCUT2D eigenvalue weighted by Gasteiger charge is -2.30. The number of amides is 1. The predicted molar refractivity (Wildman–Crippen MR) is 132 cm³/mol. The average Bonchev–Trinajstić information content (AvgIpc) is 2.70. The first-order valence-corrected chi connectivity index (χ1v) is 10.3. The van der Waals surface area contributed by atoms with Crippen molar-refractivity contribution >= 4 is 46.6 Å². The van der Waals surface area contributed by atoms with Gasteiger partial charge in [-0.2, -0.15) is 0 Å². The number of hydrogen-bond donors (Lipinski definition) is 3. The highest BCUT2D eigenvalue weighted by molar-refractivity contribution is 14.0. The molecule has 1 amide bonds. The molecule has 1 aliphatic rings. The number of benzene rings is 2. The zero-order valence-corrected chi connectivity index (χ0v) is 19.9. The van der Waals surface area contributed by atoms with Crippen LogP contribution in [0.25, 0.3) is 10.8 Å². The molecule has 2 aromatic rings. The monoisotopic (exact) mass is 508 g/mol. The van der Waals surface area contributed by atoms with E-state index in [0.717, 1.165) is 31.6 Å². The van der Waals surface area contributed by atoms with E-state index in [0.29, 0.717) is 6.54 Å². The van der Waals surface area contributed by atoms with Gasteiger partial charge in [-0.05, 0) is 55.5 Å². The molecule has 1 aliphatic carbocycles. The lowest BCUT2D eigenvalue weighted by Crippen LogP contribution is -2.47. The fourth-order valence-corrected chi connectivity index (χ4v) is 3.88. The summed E-state index contributed by atoms with van der Waals surface area (Å²) in [5, 5.41) is 12.5. The van der Waals surface area contributed by atoms with Crippen LogP contribution in [0.5, 0.6) is 0 Å². The van der Waals surface area contributed by atoms with E-state index in [1.807, 2.05) is 13.8 Å². The molecule has 3 N–H and O–H groups in total. The minimum Gasteiger partial charge on any atom is -0.354 e. The van der Waals surface area contributed by atoms with Gasteiger partial charge < -0.3 is 16.0 Å². The number of carbonyl (C=O) groups is 1. The average molecular weight is 508 g/mol. The summed E-state index contributed by atoms with van der Waals surface area (Å²) in [4.78, 5) is 16.7. The summed E-state index contributed by atoms with van der Waals surface area (Å²) >= 11 is 0. The van der Waals surface area contributed by atoms with E-state index >= 15 is 0 Å². The van der Waals surface area contributed by atoms with Crippen LogP contribution in [-0.4, -0.2) is 31.0 Å². The number of fused-ring (bicyclic) bond motifs is 1. The van der Waals surface area contributed by atoms with Gasteiger partial charge in [-0.3, -0.25) is 9.79 Å². The molecule has 6 heteroatoms. The number of hydrogen-bond acceptors (Lipinski definition) is 2. The molecule has 0 saturated heterocycles. The van der Waals surface area contributed by atoms with Gasteiger partial charge in [0.25, 0.3) is 0 Å². The number of nitrogens with one attached hydrogen (secondary N) is 3. The Bertz CT molecular complexity index is 836. The van der Waals surface area contributed by atoms with Crippen molar-refractivity contribution in [2.45, 2.75) is 58.2 Å². The van der Waals surface area contributed by atoms with Crippen molar-refractivity contribution < 1.29 is 4.79 Å². The van der Waals surface area contributed by atoms with Crippen LogP contribution in [0.3, 0.4) is 0 Å². The lowest BCUT2D eigenvalue weighted by atomic mass is 9.85. The third kappa shape index (κ3) is 6.87. The minimum absolute atomic E-state index is 0. The maximum Gasteiger partial charge on any atom is 0.223 e. The first kappa shape index (κ1) is 23.4. The van der Waals surface area contributed by atoms with Crippen molar-refractivity contribution in [3.8, 4) is 0 Å². The van der Waals surface area contributed by atoms with E-state index in [9.17, 15) is 4.79 Å². The van der Waals surface area contributed by atoms with Gasteiger partial charge in [0.05, 0.1) is 0 Å². The fraction of sp³-hybridized carbons (Fsp3) is 0.478. The Kier molecular flexibility index (Phi) is 9.20. The Labute approximate surface area is 191 Å². The van der Waals surface area contributed by atoms with Crippen molar-refractivity contribution in [2.75, 3.05) is 7.05 Å². The van der Waals surface area contributed by atoms with Crippen molar-refractivity contribution in [3.05, 3.63) is 48.0 Å². The molecule has 0 radical (unpaired) electrons. The maximum absolute atomic E-state index is 12.3. The highest BCUT2D eigenvalue weighted by atomic mass is 127. The van der Waals surface area contributed by atoms with Crippen LogP contribution >= 0.6 is 24.0 Å². The lowest BCUT2D eigenvalue weighted by molar-refractivity contribution is -0.126. The minimum atomic E-state index is 0. The number of nitrogens with zero attached hydrogens (tertiary/aromatic N) is 1. The normalized spacial score (nSPS) is 19.5. The fourth-order valence-electron chi connectivity index (χ4n) is 3.88. The van der Waals surface area contributed by atoms with Crippen molar-refractivity contribution in [3.63, 3.8) is 0 Å². The molecular formula is C23H33IN4O. The number of halogens is 1. The summed E-state index contributed by atoms with van der Waals surface area (Å²) < 4.78 is 0. The molecule has 0 spiro atoms. The molecular weight excluding hydrogens is 475 g/mol. The predicted octanol–water partition coefficient (Wildman–Crippen LogP) is 4.21. The van der Waals surface area contributed by atoms with E-state index < -0.39 is 0 Å². The highest BCUT2D eigenvalue weighted by Gasteiger charge is 2.27. The van der Waals surface area contributed by atoms with Crippen LogP contribution in [0.4, 0.5) is 0 Å². The van der Waals surface area contributed by atoms with Gasteiger partial charge in [-0.1, -0.05) is 42.8 Å². The number of guanidine groups is 1. The van der Waals surface area contributed by atoms with E-state index in [-0.39, 0.29) is 47.9 Å². The zero-order chi connectivity index (χ0) is 19.9. The summed E-state index contributed by atoms with van der Waals surface area (Å²) in [7, 11) is 1.79. The van der Waals surface area contributed by atoms with Gasteiger partial charge >= 0.3 is 0 Å². The zero-order valence-electron chi connectivity index (χ0n) is 17.6. The molecule has 0 aromatic heterocycles. The van der Waals surface area contributed by atoms with Gasteiger partial charge in [-0.15, -0.1) is 24.0 Å². The Hall–Kier alpha value is -1.83. The van der Waals surface area contributed by atoms with Crippen molar-refractivity contribution in [1.82, 2.24) is 16.0 Å². The second-order valence-corrected chi connectivity index (χ2v) is 7.98. The van der Waals surface area contributed by atoms with Crippen LogP contribution in [0.1, 0.15) is 45.1 Å². The molecule has 0 heterocycles. The molecule has 29 heavy (non-hydrogen) atoms. The standard InChI is InChI=1S/C23H32N4O.HI/c1-16(2)26-22(28)20-9-6-10-21(14-20)27-23(24-3)25-15-17-11-12-18-7-4-5-8-19(18)13-17;/h4-5,7-8,11-13,16,20-21H,6,9-10,14-15H2,1-3H3,(H,26,28)(H2,24,25,27);1H. The van der Waals surface area contributed by atoms with Gasteiger partial charge in [0.1, 0.15) is 0 Å². The maximum atomic E-state index is 12.3. The molecule has 2 atom stereocenters. The highest BCUT2D eigenvalue weighted by Crippen LogP contribution is 2.24. The van der Waals surface area contributed by atoms with E-state index in [4.69, 9.17) is 0 Å². The summed E-state index contributed by atoms with van der Waals surface area (Å²) in [6.45, 7) is 4.73. The molecule has 1 saturated carbocycles. The summed E-state index contributed by atoms with van der Waals surface area (Å²) in [5.41, 5.74) is 1.22. The van der Waals surface area contributed by atoms with Gasteiger partial charge in [0.15, 0.2) is 5.96 Å². The van der Waals surface area contributed by atoms with Crippen LogP contribution < -0.4 is 16.0 Å². The first-order valence-electron chi connectivity index (χ1n) is 10.3. The van der Waals surface area contributed by atoms with Crippen molar-refractivity contribution in [1.29, 1.82) is 0 Å². The molecule has 158 valence electrons. The molecule has 5 nitrogen and oxygen atoms in total. The second-order valence-electron chi connectivity index (χ2n) is 7.98. The third-order valence-corrected chi connectivity index (χ3v) is 5.31. The van der Waals surface area contributed by atoms with E-state index in [1.165, 1.54) is 16.3 Å². The van der Waals surface area contributed by atoms with Crippen LogP contribution in [0.2, 0.25) is 0 Å². The Morgan fingerprint density at radius 3 is 2.62 bits per heavy atom. The summed E-state index contributed by atoms with van der Waals surface area (Å²) in [6, 6.07) is 15.4.